The summed E-state index contributed by atoms with van der Waals surface area (Å²) >= 11 is 5.99. The summed E-state index contributed by atoms with van der Waals surface area (Å²) in [5.41, 5.74) is 12.8. The summed E-state index contributed by atoms with van der Waals surface area (Å²) in [6.07, 6.45) is 10.1. The highest BCUT2D eigenvalue weighted by atomic mass is 35.5. The van der Waals surface area contributed by atoms with Gasteiger partial charge in [-0.25, -0.2) is 28.7 Å². The van der Waals surface area contributed by atoms with Gasteiger partial charge in [0.25, 0.3) is 0 Å². The molecule has 8 aromatic rings. The van der Waals surface area contributed by atoms with Gasteiger partial charge in [0.05, 0.1) is 83.5 Å². The number of primary amides is 2. The number of anilines is 5. The Bertz CT molecular complexity index is 3300. The van der Waals surface area contributed by atoms with Crippen LogP contribution in [0.1, 0.15) is 25.7 Å². The predicted octanol–water partition coefficient (Wildman–Crippen LogP) is 6.78. The first kappa shape index (κ1) is 52.5. The highest BCUT2D eigenvalue weighted by Gasteiger charge is 2.32. The number of carbonyl (C=O) groups is 2. The Morgan fingerprint density at radius 2 is 1.13 bits per heavy atom. The second-order valence-corrected chi connectivity index (χ2v) is 17.0. The van der Waals surface area contributed by atoms with Crippen LogP contribution in [0.2, 0.25) is 5.28 Å². The molecule has 25 heteroatoms. The van der Waals surface area contributed by atoms with Crippen LogP contribution in [0.25, 0.3) is 33.2 Å². The quantitative estimate of drug-likeness (QED) is 0.0662. The first-order valence-electron chi connectivity index (χ1n) is 23.2. The van der Waals surface area contributed by atoms with E-state index < -0.39 is 23.6 Å². The van der Waals surface area contributed by atoms with Crippen molar-refractivity contribution in [2.75, 3.05) is 71.3 Å². The zero-order valence-corrected chi connectivity index (χ0v) is 42.3. The lowest BCUT2D eigenvalue weighted by Gasteiger charge is -2.23. The van der Waals surface area contributed by atoms with E-state index in [-0.39, 0.29) is 17.2 Å². The maximum Gasteiger partial charge on any atom is 0.240 e. The molecule has 2 saturated heterocycles. The summed E-state index contributed by atoms with van der Waals surface area (Å²) in [4.78, 5) is 50.3. The number of aromatic nitrogens is 8. The third kappa shape index (κ3) is 11.9. The molecule has 2 atom stereocenters. The van der Waals surface area contributed by atoms with Crippen molar-refractivity contribution in [1.82, 2.24) is 44.4 Å². The highest BCUT2D eigenvalue weighted by molar-refractivity contribution is 6.28. The van der Waals surface area contributed by atoms with E-state index in [4.69, 9.17) is 51.5 Å². The average Bonchev–Trinajstić information content (AvgIpc) is 4.27. The van der Waals surface area contributed by atoms with Gasteiger partial charge >= 0.3 is 0 Å². The number of fused-ring (bicyclic) bond motifs is 2. The number of nitrogens with two attached hydrogens (primary N) is 2. The van der Waals surface area contributed by atoms with Gasteiger partial charge in [0.2, 0.25) is 34.5 Å². The fourth-order valence-electron chi connectivity index (χ4n) is 8.45. The number of ether oxygens (including phenoxy) is 6. The number of nitrogens with one attached hydrogen (secondary N) is 3. The van der Waals surface area contributed by atoms with Gasteiger partial charge < -0.3 is 69.9 Å². The molecule has 392 valence electrons. The lowest BCUT2D eigenvalue weighted by molar-refractivity contribution is -0.120. The molecule has 10 rings (SSSR count). The van der Waals surface area contributed by atoms with Crippen LogP contribution in [0.5, 0.6) is 34.5 Å². The Hall–Kier alpha value is -8.77. The molecule has 2 aliphatic rings. The Labute approximate surface area is 433 Å². The van der Waals surface area contributed by atoms with Crippen LogP contribution in [-0.2, 0) is 9.59 Å². The topological polar surface area (TPSA) is 268 Å². The second-order valence-electron chi connectivity index (χ2n) is 16.7. The van der Waals surface area contributed by atoms with Gasteiger partial charge in [-0.05, 0) is 68.1 Å². The lowest BCUT2D eigenvalue weighted by Crippen LogP contribution is -2.41. The summed E-state index contributed by atoms with van der Waals surface area (Å²) in [6.45, 7) is 1.51. The molecule has 75 heavy (non-hydrogen) atoms. The minimum Gasteiger partial charge on any atom is -0.493 e. The zero-order chi connectivity index (χ0) is 53.3. The molecule has 2 aliphatic heterocycles. The molecule has 4 aromatic heterocycles. The van der Waals surface area contributed by atoms with Gasteiger partial charge in [0, 0.05) is 53.7 Å². The average molecular weight is 1050 g/mol. The number of carbonyl (C=O) groups excluding carboxylic acids is 2. The van der Waals surface area contributed by atoms with E-state index in [1.54, 1.807) is 118 Å². The number of hydrogen-bond acceptors (Lipinski definition) is 18. The maximum absolute atomic E-state index is 14.1. The Morgan fingerprint density at radius 3 is 1.56 bits per heavy atom. The third-order valence-electron chi connectivity index (χ3n) is 12.1. The number of benzene rings is 4. The fraction of sp³-hybridized carbons (Fsp3) is 0.280. The first-order chi connectivity index (χ1) is 36.2. The number of halogens is 3. The molecule has 2 fully saturated rings. The smallest absolute Gasteiger partial charge is 0.240 e. The standard InChI is InChI=1S/C25H26FN7O4.C20H17ClFN5O3.C5H10N2O/c1-35-19-10-15(11-20(36-2)22(19)37-3)32-12-21(28-13-32)30-24-16-7-6-14(26)9-17(16)29-25(31-24)33-8-4-5-18(33)23(27)34;1-28-15-7-12(8-16(29-2)18(15)30-3)27-9-17(23-10-27)25-19-13-5-4-11(22)6-14(13)24-20(21)26-19;6-5(8)4-2-1-3-7-4/h6-7,9-13,18H,4-5,8H2,1-3H3,(H2,27,34)(H,29,30,31);4-10H,1-3H3,(H,24,25,26);4,7H,1-3H2,(H2,6,8)/t18-;;4-/m1.1/s1. The summed E-state index contributed by atoms with van der Waals surface area (Å²) in [5.74, 6) is 3.64. The Kier molecular flexibility index (Phi) is 16.4. The van der Waals surface area contributed by atoms with E-state index in [1.165, 1.54) is 24.3 Å². The van der Waals surface area contributed by atoms with Crippen molar-refractivity contribution in [2.45, 2.75) is 37.8 Å². The number of imidazole rings is 2. The number of amides is 2. The maximum atomic E-state index is 14.1. The first-order valence-corrected chi connectivity index (χ1v) is 23.5. The van der Waals surface area contributed by atoms with Crippen molar-refractivity contribution in [2.24, 2.45) is 11.5 Å². The van der Waals surface area contributed by atoms with E-state index in [0.29, 0.717) is 98.5 Å². The molecule has 7 N–H and O–H groups in total. The molecule has 0 bridgehead atoms. The van der Waals surface area contributed by atoms with Crippen molar-refractivity contribution in [3.05, 3.63) is 103 Å². The van der Waals surface area contributed by atoms with Crippen molar-refractivity contribution in [3.8, 4) is 45.9 Å². The van der Waals surface area contributed by atoms with Gasteiger partial charge in [-0.3, -0.25) is 9.59 Å². The molecule has 0 radical (unpaired) electrons. The second kappa shape index (κ2) is 23.4. The molecule has 22 nitrogen and oxygen atoms in total. The minimum atomic E-state index is -0.516. The van der Waals surface area contributed by atoms with Gasteiger partial charge in [-0.1, -0.05) is 0 Å². The molecular weight excluding hydrogens is 998 g/mol. The van der Waals surface area contributed by atoms with E-state index in [1.807, 2.05) is 0 Å². The van der Waals surface area contributed by atoms with E-state index in [9.17, 15) is 18.4 Å². The van der Waals surface area contributed by atoms with Crippen LogP contribution in [0.15, 0.2) is 85.7 Å². The summed E-state index contributed by atoms with van der Waals surface area (Å²) in [6, 6.07) is 15.1. The van der Waals surface area contributed by atoms with Crippen molar-refractivity contribution in [3.63, 3.8) is 0 Å². The normalized spacial score (nSPS) is 14.8. The van der Waals surface area contributed by atoms with Crippen LogP contribution in [-0.4, -0.2) is 119 Å². The largest absolute Gasteiger partial charge is 0.493 e. The number of hydrogen-bond donors (Lipinski definition) is 5. The molecule has 0 spiro atoms. The predicted molar refractivity (Wildman–Crippen MR) is 277 cm³/mol. The lowest BCUT2D eigenvalue weighted by atomic mass is 10.2. The minimum absolute atomic E-state index is 0.000315. The zero-order valence-electron chi connectivity index (χ0n) is 41.6. The third-order valence-corrected chi connectivity index (χ3v) is 12.2. The van der Waals surface area contributed by atoms with Crippen LogP contribution in [0.4, 0.5) is 38.0 Å². The van der Waals surface area contributed by atoms with Crippen molar-refractivity contribution < 1.29 is 46.8 Å². The van der Waals surface area contributed by atoms with E-state index >= 15 is 0 Å². The van der Waals surface area contributed by atoms with Crippen LogP contribution < -0.4 is 60.7 Å². The monoisotopic (exact) mass is 1050 g/mol. The number of nitrogens with zero attached hydrogens (tertiary/aromatic N) is 9. The van der Waals surface area contributed by atoms with Gasteiger partial charge in [0.15, 0.2) is 23.0 Å². The van der Waals surface area contributed by atoms with E-state index in [2.05, 4.69) is 45.9 Å². The van der Waals surface area contributed by atoms with Crippen molar-refractivity contribution in [1.29, 1.82) is 0 Å². The Morgan fingerprint density at radius 1 is 0.640 bits per heavy atom. The van der Waals surface area contributed by atoms with Crippen LogP contribution >= 0.6 is 11.6 Å². The van der Waals surface area contributed by atoms with Crippen LogP contribution in [0.3, 0.4) is 0 Å². The SMILES string of the molecule is COc1cc(-n2cnc(Nc3nc(Cl)nc4cc(F)ccc34)c2)cc(OC)c1OC.COc1cc(-n2cnc(Nc3nc(N4CCC[C@@H]4C(N)=O)nc4cc(F)ccc34)c2)cc(OC)c1OC.NC(=O)[C@H]1CCCN1. The molecule has 6 heterocycles. The summed E-state index contributed by atoms with van der Waals surface area (Å²) in [7, 11) is 9.28. The molecule has 4 aromatic carbocycles. The fourth-order valence-corrected chi connectivity index (χ4v) is 8.62. The summed E-state index contributed by atoms with van der Waals surface area (Å²) < 4.78 is 63.6. The molecule has 0 aliphatic carbocycles. The number of rotatable bonds is 15. The van der Waals surface area contributed by atoms with Gasteiger partial charge in [-0.2, -0.15) is 9.97 Å². The molecular formula is C50H53ClF2N14O8. The molecule has 0 unspecified atom stereocenters. The molecule has 2 amide bonds. The molecule has 0 saturated carbocycles. The van der Waals surface area contributed by atoms with Gasteiger partial charge in [0.1, 0.15) is 53.6 Å². The summed E-state index contributed by atoms with van der Waals surface area (Å²) in [5, 5.41) is 10.5. The van der Waals surface area contributed by atoms with Crippen LogP contribution in [0, 0.1) is 11.6 Å². The van der Waals surface area contributed by atoms with Gasteiger partial charge in [-0.15, -0.1) is 0 Å². The van der Waals surface area contributed by atoms with Crippen molar-refractivity contribution >= 4 is 74.4 Å². The highest BCUT2D eigenvalue weighted by Crippen LogP contribution is 2.41. The Balaban J connectivity index is 0.000000176. The van der Waals surface area contributed by atoms with E-state index in [0.717, 1.165) is 37.2 Å². The number of methoxy groups -OCH3 is 6.